The summed E-state index contributed by atoms with van der Waals surface area (Å²) in [5.74, 6) is 2.54. The van der Waals surface area contributed by atoms with Gasteiger partial charge in [0.15, 0.2) is 0 Å². The van der Waals surface area contributed by atoms with E-state index in [4.69, 9.17) is 23.7 Å². The minimum Gasteiger partial charge on any atom is -1.00 e. The second-order valence-electron chi connectivity index (χ2n) is 11.5. The van der Waals surface area contributed by atoms with Gasteiger partial charge in [0, 0.05) is 49.9 Å². The molecule has 57 heavy (non-hydrogen) atoms. The number of benzene rings is 4. The number of ether oxygens (including phenoxy) is 5. The van der Waals surface area contributed by atoms with E-state index in [1.54, 1.807) is 52.9 Å². The van der Waals surface area contributed by atoms with Crippen molar-refractivity contribution in [3.8, 4) is 45.5 Å². The maximum atomic E-state index is 12.1. The van der Waals surface area contributed by atoms with Crippen molar-refractivity contribution in [2.75, 3.05) is 49.6 Å². The molecule has 0 aliphatic rings. The molecule has 6 aromatic rings. The summed E-state index contributed by atoms with van der Waals surface area (Å²) in [5, 5.41) is 4.49. The van der Waals surface area contributed by atoms with Crippen molar-refractivity contribution in [1.29, 1.82) is 0 Å². The molecule has 0 saturated heterocycles. The lowest BCUT2D eigenvalue weighted by Gasteiger charge is -2.11. The van der Waals surface area contributed by atoms with Gasteiger partial charge in [-0.3, -0.25) is 10.1 Å². The number of para-hydroxylation sites is 2. The van der Waals surface area contributed by atoms with Gasteiger partial charge in [-0.1, -0.05) is 30.3 Å². The molecule has 0 fully saturated rings. The van der Waals surface area contributed by atoms with Crippen LogP contribution in [-0.4, -0.2) is 81.5 Å². The fourth-order valence-corrected chi connectivity index (χ4v) is 5.59. The van der Waals surface area contributed by atoms with Crippen molar-refractivity contribution in [2.24, 2.45) is 5.73 Å². The van der Waals surface area contributed by atoms with Crippen molar-refractivity contribution in [1.82, 2.24) is 25.3 Å². The summed E-state index contributed by atoms with van der Waals surface area (Å²) in [7, 11) is 10.7. The van der Waals surface area contributed by atoms with Gasteiger partial charge in [0.05, 0.1) is 52.5 Å². The normalized spacial score (nSPS) is 9.89. The van der Waals surface area contributed by atoms with Crippen LogP contribution in [0.15, 0.2) is 110 Å². The Balaban J connectivity index is 0.000000371. The molecule has 4 aromatic carbocycles. The second kappa shape index (κ2) is 22.7. The van der Waals surface area contributed by atoms with Gasteiger partial charge in [0.25, 0.3) is 5.91 Å². The van der Waals surface area contributed by atoms with Crippen molar-refractivity contribution < 1.29 is 52.4 Å². The SMILES string of the molecule is CN.CNC(=O)c1cc(Cc2cc(-c3ccccc3OC)ncn2)ccc1OC.COC(=O)c1cc([NH2+]c2cc(-c3ccccc3OC)ncn2)ccc1OC.[Cl-].[HH]. The number of halogens is 1. The Morgan fingerprint density at radius 2 is 1.19 bits per heavy atom. The molecule has 2 heterocycles. The lowest BCUT2D eigenvalue weighted by molar-refractivity contribution is -0.483. The number of rotatable bonds is 12. The summed E-state index contributed by atoms with van der Waals surface area (Å²) in [6, 6.07) is 30.0. The molecule has 5 N–H and O–H groups in total. The number of nitrogens with two attached hydrogens (primary N) is 2. The zero-order valence-corrected chi connectivity index (χ0v) is 33.5. The Hall–Kier alpha value is -6.61. The average molecular weight is 798 g/mol. The molecule has 0 aliphatic heterocycles. The Kier molecular flexibility index (Phi) is 17.8. The van der Waals surface area contributed by atoms with E-state index >= 15 is 0 Å². The Labute approximate surface area is 339 Å². The van der Waals surface area contributed by atoms with Crippen molar-refractivity contribution in [3.05, 3.63) is 132 Å². The van der Waals surface area contributed by atoms with E-state index < -0.39 is 5.97 Å². The highest BCUT2D eigenvalue weighted by Gasteiger charge is 2.17. The first kappa shape index (κ1) is 44.8. The van der Waals surface area contributed by atoms with E-state index in [1.807, 2.05) is 84.2 Å². The minimum absolute atomic E-state index is 0. The molecule has 14 nitrogen and oxygen atoms in total. The van der Waals surface area contributed by atoms with Crippen LogP contribution in [0.4, 0.5) is 11.5 Å². The highest BCUT2D eigenvalue weighted by atomic mass is 35.5. The van der Waals surface area contributed by atoms with Gasteiger partial charge in [0.1, 0.15) is 46.9 Å². The molecule has 15 heteroatoms. The number of carbonyl (C=O) groups excluding carboxylic acids is 2. The Morgan fingerprint density at radius 1 is 0.649 bits per heavy atom. The number of amides is 1. The third-order valence-corrected chi connectivity index (χ3v) is 8.24. The Bertz CT molecular complexity index is 2090. The second-order valence-corrected chi connectivity index (χ2v) is 11.5. The largest absolute Gasteiger partial charge is 1.00 e. The van der Waals surface area contributed by atoms with Gasteiger partial charge in [-0.15, -0.1) is 0 Å². The molecule has 300 valence electrons. The van der Waals surface area contributed by atoms with Crippen LogP contribution < -0.4 is 47.7 Å². The average Bonchev–Trinajstić information content (AvgIpc) is 3.26. The lowest BCUT2D eigenvalue weighted by Crippen LogP contribution is -3.00. The van der Waals surface area contributed by atoms with Gasteiger partial charge in [-0.05, 0) is 61.1 Å². The quantitative estimate of drug-likeness (QED) is 0.122. The number of quaternary nitrogens is 1. The van der Waals surface area contributed by atoms with E-state index in [2.05, 4.69) is 31.0 Å². The zero-order chi connectivity index (χ0) is 40.5. The maximum absolute atomic E-state index is 12.1. The predicted octanol–water partition coefficient (Wildman–Crippen LogP) is 2.41. The van der Waals surface area contributed by atoms with Crippen molar-refractivity contribution >= 4 is 23.4 Å². The van der Waals surface area contributed by atoms with E-state index in [0.29, 0.717) is 34.9 Å². The number of nitrogens with one attached hydrogen (secondary N) is 1. The van der Waals surface area contributed by atoms with Gasteiger partial charge in [-0.25, -0.2) is 19.7 Å². The van der Waals surface area contributed by atoms with Gasteiger partial charge in [-0.2, -0.15) is 4.98 Å². The molecule has 0 saturated carbocycles. The molecule has 0 aliphatic carbocycles. The van der Waals surface area contributed by atoms with Crippen LogP contribution in [0.3, 0.4) is 0 Å². The number of nitrogens with zero attached hydrogens (tertiary/aromatic N) is 4. The van der Waals surface area contributed by atoms with E-state index in [9.17, 15) is 9.59 Å². The highest BCUT2D eigenvalue weighted by Crippen LogP contribution is 2.30. The first-order valence-electron chi connectivity index (χ1n) is 17.3. The van der Waals surface area contributed by atoms with Crippen LogP contribution in [-0.2, 0) is 11.2 Å². The van der Waals surface area contributed by atoms with Crippen LogP contribution in [0.1, 0.15) is 33.4 Å². The summed E-state index contributed by atoms with van der Waals surface area (Å²) in [6.45, 7) is 0. The third-order valence-electron chi connectivity index (χ3n) is 8.24. The zero-order valence-electron chi connectivity index (χ0n) is 32.8. The number of methoxy groups -OCH3 is 5. The number of carbonyl (C=O) groups is 2. The summed E-state index contributed by atoms with van der Waals surface area (Å²) < 4.78 is 26.1. The van der Waals surface area contributed by atoms with Gasteiger partial charge in [0.2, 0.25) is 5.82 Å². The summed E-state index contributed by atoms with van der Waals surface area (Å²) >= 11 is 0. The molecule has 2 aromatic heterocycles. The van der Waals surface area contributed by atoms with Crippen LogP contribution in [0.2, 0.25) is 0 Å². The van der Waals surface area contributed by atoms with Crippen LogP contribution >= 0.6 is 0 Å². The fourth-order valence-electron chi connectivity index (χ4n) is 5.59. The molecular formula is C42H48ClN7O7. The molecule has 0 bridgehead atoms. The number of esters is 1. The van der Waals surface area contributed by atoms with Gasteiger partial charge < -0.3 is 47.1 Å². The van der Waals surface area contributed by atoms with Crippen LogP contribution in [0.5, 0.6) is 23.0 Å². The first-order valence-corrected chi connectivity index (χ1v) is 17.3. The number of hydrogen-bond acceptors (Lipinski definition) is 12. The van der Waals surface area contributed by atoms with Gasteiger partial charge >= 0.3 is 5.97 Å². The van der Waals surface area contributed by atoms with E-state index in [1.165, 1.54) is 27.6 Å². The molecule has 0 radical (unpaired) electrons. The summed E-state index contributed by atoms with van der Waals surface area (Å²) in [6.07, 6.45) is 3.61. The lowest BCUT2D eigenvalue weighted by atomic mass is 10.0. The smallest absolute Gasteiger partial charge is 0.341 e. The number of hydrogen-bond donors (Lipinski definition) is 3. The molecule has 0 spiro atoms. The molecule has 1 amide bonds. The highest BCUT2D eigenvalue weighted by molar-refractivity contribution is 5.97. The predicted molar refractivity (Wildman–Crippen MR) is 215 cm³/mol. The topological polar surface area (TPSA) is 187 Å². The standard InChI is InChI=1S/C21H21N3O3.C20H19N3O4.CH5N.ClH.H2/c1-22-21(25)17-11-14(8-9-20(17)27-3)10-15-12-18(24-13-23-15)16-6-4-5-7-19(16)26-2;1-25-17-7-5-4-6-14(17)16-11-19(22-12-21-16)23-13-8-9-18(26-2)15(10-13)20(24)27-3;1-2;;/h4-9,11-13H,10H2,1-3H3,(H,22,25);4-12H,1-3H3,(H,21,22,23);2H2,1H3;2*1H. The molecule has 0 atom stereocenters. The first-order chi connectivity index (χ1) is 27.3. The molecule has 0 unspecified atom stereocenters. The maximum Gasteiger partial charge on any atom is 0.341 e. The monoisotopic (exact) mass is 797 g/mol. The summed E-state index contributed by atoms with van der Waals surface area (Å²) in [4.78, 5) is 41.4. The number of aromatic nitrogens is 4. The van der Waals surface area contributed by atoms with E-state index in [-0.39, 0.29) is 19.7 Å². The van der Waals surface area contributed by atoms with Crippen LogP contribution in [0.25, 0.3) is 22.5 Å². The Morgan fingerprint density at radius 3 is 1.77 bits per heavy atom. The summed E-state index contributed by atoms with van der Waals surface area (Å²) in [5.41, 5.74) is 11.3. The van der Waals surface area contributed by atoms with Crippen molar-refractivity contribution in [2.45, 2.75) is 6.42 Å². The van der Waals surface area contributed by atoms with Crippen molar-refractivity contribution in [3.63, 3.8) is 0 Å². The fraction of sp³-hybridized carbons (Fsp3) is 0.190. The molecular weight excluding hydrogens is 750 g/mol. The molecule has 6 rings (SSSR count). The van der Waals surface area contributed by atoms with Crippen LogP contribution in [0, 0.1) is 0 Å². The van der Waals surface area contributed by atoms with E-state index in [0.717, 1.165) is 51.0 Å². The minimum atomic E-state index is -0.459. The third kappa shape index (κ3) is 11.7.